The van der Waals surface area contributed by atoms with E-state index in [0.717, 1.165) is 5.03 Å². The Morgan fingerprint density at radius 1 is 1.35 bits per heavy atom. The number of aromatic nitrogens is 1. The van der Waals surface area contributed by atoms with E-state index in [1.807, 2.05) is 18.2 Å². The molecule has 0 radical (unpaired) electrons. The van der Waals surface area contributed by atoms with Crippen LogP contribution in [-0.4, -0.2) is 10.1 Å². The minimum absolute atomic E-state index is 0.169. The molecule has 3 heteroatoms. The van der Waals surface area contributed by atoms with E-state index in [1.54, 1.807) is 6.20 Å². The van der Waals surface area contributed by atoms with Gasteiger partial charge in [0, 0.05) is 12.1 Å². The lowest BCUT2D eigenvalue weighted by Crippen LogP contribution is -2.21. The van der Waals surface area contributed by atoms with E-state index in [4.69, 9.17) is 0 Å². The zero-order valence-electron chi connectivity index (χ0n) is 10.3. The van der Waals surface area contributed by atoms with Gasteiger partial charge in [-0.2, -0.15) is 0 Å². The first-order valence-corrected chi connectivity index (χ1v) is 7.22. The van der Waals surface area contributed by atoms with Crippen LogP contribution >= 0.6 is 11.8 Å². The smallest absolute Gasteiger partial charge is 0.198 e. The average Bonchev–Trinajstić information content (AvgIpc) is 2.40. The molecule has 0 spiro atoms. The van der Waals surface area contributed by atoms with Crippen molar-refractivity contribution in [1.82, 2.24) is 4.98 Å². The molecule has 1 aliphatic rings. The number of pyridine rings is 1. The SMILES string of the molecule is C[C@H](C(=O)Sc1ccccn1)C1CCCCC1. The van der Waals surface area contributed by atoms with Gasteiger partial charge in [0.1, 0.15) is 5.03 Å². The molecule has 0 aromatic carbocycles. The van der Waals surface area contributed by atoms with Gasteiger partial charge in [0.15, 0.2) is 5.12 Å². The first-order chi connectivity index (χ1) is 8.27. The standard InChI is InChI=1S/C14H19NOS/c1-11(12-7-3-2-4-8-12)14(16)17-13-9-5-6-10-15-13/h5-6,9-12H,2-4,7-8H2,1H3/t11-/m0/s1. The Morgan fingerprint density at radius 2 is 2.12 bits per heavy atom. The summed E-state index contributed by atoms with van der Waals surface area (Å²) in [5.74, 6) is 0.759. The van der Waals surface area contributed by atoms with E-state index < -0.39 is 0 Å². The molecule has 0 bridgehead atoms. The Balaban J connectivity index is 1.90. The van der Waals surface area contributed by atoms with Crippen LogP contribution in [0.25, 0.3) is 0 Å². The summed E-state index contributed by atoms with van der Waals surface area (Å²) in [4.78, 5) is 16.3. The largest absolute Gasteiger partial charge is 0.286 e. The zero-order valence-corrected chi connectivity index (χ0v) is 11.1. The minimum Gasteiger partial charge on any atom is -0.286 e. The van der Waals surface area contributed by atoms with E-state index in [9.17, 15) is 4.79 Å². The van der Waals surface area contributed by atoms with Crippen molar-refractivity contribution in [3.63, 3.8) is 0 Å². The van der Waals surface area contributed by atoms with Crippen LogP contribution < -0.4 is 0 Å². The molecule has 1 atom stereocenters. The molecule has 1 fully saturated rings. The van der Waals surface area contributed by atoms with E-state index in [1.165, 1.54) is 43.9 Å². The lowest BCUT2D eigenvalue weighted by atomic mass is 9.81. The van der Waals surface area contributed by atoms with Crippen molar-refractivity contribution in [3.8, 4) is 0 Å². The highest BCUT2D eigenvalue weighted by molar-refractivity contribution is 8.13. The molecule has 1 aromatic rings. The van der Waals surface area contributed by atoms with Gasteiger partial charge in [0.25, 0.3) is 0 Å². The van der Waals surface area contributed by atoms with Crippen molar-refractivity contribution in [3.05, 3.63) is 24.4 Å². The fourth-order valence-electron chi connectivity index (χ4n) is 2.43. The topological polar surface area (TPSA) is 30.0 Å². The normalized spacial score (nSPS) is 18.9. The van der Waals surface area contributed by atoms with Crippen molar-refractivity contribution in [2.24, 2.45) is 11.8 Å². The maximum atomic E-state index is 12.1. The van der Waals surface area contributed by atoms with E-state index in [-0.39, 0.29) is 11.0 Å². The second-order valence-electron chi connectivity index (χ2n) is 4.78. The predicted octanol–water partition coefficient (Wildman–Crippen LogP) is 3.92. The first kappa shape index (κ1) is 12.6. The summed E-state index contributed by atoms with van der Waals surface area (Å²) < 4.78 is 0. The maximum Gasteiger partial charge on any atom is 0.198 e. The van der Waals surface area contributed by atoms with E-state index in [2.05, 4.69) is 11.9 Å². The Kier molecular flexibility index (Phi) is 4.60. The predicted molar refractivity (Wildman–Crippen MR) is 70.8 cm³/mol. The summed E-state index contributed by atoms with van der Waals surface area (Å²) in [6.45, 7) is 2.08. The molecule has 1 aliphatic carbocycles. The molecule has 17 heavy (non-hydrogen) atoms. The molecule has 0 saturated heterocycles. The van der Waals surface area contributed by atoms with Gasteiger partial charge in [0.2, 0.25) is 0 Å². The second-order valence-corrected chi connectivity index (χ2v) is 5.80. The summed E-state index contributed by atoms with van der Waals surface area (Å²) in [5, 5.41) is 1.09. The van der Waals surface area contributed by atoms with Crippen molar-refractivity contribution >= 4 is 16.9 Å². The fraction of sp³-hybridized carbons (Fsp3) is 0.571. The van der Waals surface area contributed by atoms with Crippen LogP contribution in [0.15, 0.2) is 29.4 Å². The Labute approximate surface area is 107 Å². The molecule has 0 unspecified atom stereocenters. The highest BCUT2D eigenvalue weighted by Gasteiger charge is 2.26. The summed E-state index contributed by atoms with van der Waals surface area (Å²) in [7, 11) is 0. The highest BCUT2D eigenvalue weighted by atomic mass is 32.2. The monoisotopic (exact) mass is 249 g/mol. The number of hydrogen-bond acceptors (Lipinski definition) is 3. The number of thioether (sulfide) groups is 1. The van der Waals surface area contributed by atoms with Crippen molar-refractivity contribution in [2.45, 2.75) is 44.1 Å². The van der Waals surface area contributed by atoms with Gasteiger partial charge < -0.3 is 0 Å². The lowest BCUT2D eigenvalue weighted by Gasteiger charge is -2.26. The first-order valence-electron chi connectivity index (χ1n) is 6.40. The molecule has 2 rings (SSSR count). The van der Waals surface area contributed by atoms with Crippen LogP contribution in [-0.2, 0) is 4.79 Å². The quantitative estimate of drug-likeness (QED) is 0.761. The van der Waals surface area contributed by atoms with Crippen LogP contribution in [0.5, 0.6) is 0 Å². The lowest BCUT2D eigenvalue weighted by molar-refractivity contribution is -0.115. The van der Waals surface area contributed by atoms with Crippen LogP contribution in [0, 0.1) is 11.8 Å². The summed E-state index contributed by atoms with van der Waals surface area (Å²) in [6, 6.07) is 5.70. The molecule has 1 saturated carbocycles. The summed E-state index contributed by atoms with van der Waals surface area (Å²) in [5.41, 5.74) is 0. The molecule has 2 nitrogen and oxygen atoms in total. The average molecular weight is 249 g/mol. The minimum atomic E-state index is 0.169. The van der Waals surface area contributed by atoms with Gasteiger partial charge in [-0.05, 0) is 42.7 Å². The molecule has 1 heterocycles. The van der Waals surface area contributed by atoms with Crippen LogP contribution in [0.4, 0.5) is 0 Å². The number of hydrogen-bond donors (Lipinski definition) is 0. The molecule has 0 N–H and O–H groups in total. The van der Waals surface area contributed by atoms with Crippen molar-refractivity contribution < 1.29 is 4.79 Å². The van der Waals surface area contributed by atoms with Gasteiger partial charge >= 0.3 is 0 Å². The number of nitrogens with zero attached hydrogens (tertiary/aromatic N) is 1. The second kappa shape index (κ2) is 6.20. The van der Waals surface area contributed by atoms with E-state index in [0.29, 0.717) is 5.92 Å². The third-order valence-corrected chi connectivity index (χ3v) is 4.60. The van der Waals surface area contributed by atoms with Crippen LogP contribution in [0.2, 0.25) is 0 Å². The molecule has 1 aromatic heterocycles. The summed E-state index contributed by atoms with van der Waals surface area (Å²) >= 11 is 1.30. The molecule has 0 amide bonds. The third kappa shape index (κ3) is 3.56. The molecule has 0 aliphatic heterocycles. The Hall–Kier alpha value is -0.830. The molecular weight excluding hydrogens is 230 g/mol. The molecule has 92 valence electrons. The van der Waals surface area contributed by atoms with Gasteiger partial charge in [-0.3, -0.25) is 4.79 Å². The number of rotatable bonds is 3. The van der Waals surface area contributed by atoms with Crippen molar-refractivity contribution in [1.29, 1.82) is 0 Å². The number of carbonyl (C=O) groups is 1. The molecular formula is C14H19NOS. The maximum absolute atomic E-state index is 12.1. The Bertz CT molecular complexity index is 360. The zero-order chi connectivity index (χ0) is 12.1. The van der Waals surface area contributed by atoms with Gasteiger partial charge in [-0.15, -0.1) is 0 Å². The van der Waals surface area contributed by atoms with Gasteiger partial charge in [0.05, 0.1) is 0 Å². The van der Waals surface area contributed by atoms with Crippen molar-refractivity contribution in [2.75, 3.05) is 0 Å². The third-order valence-electron chi connectivity index (χ3n) is 3.57. The summed E-state index contributed by atoms with van der Waals surface area (Å²) in [6.07, 6.45) is 8.09. The van der Waals surface area contributed by atoms with E-state index >= 15 is 0 Å². The number of carbonyl (C=O) groups excluding carboxylic acids is 1. The van der Waals surface area contributed by atoms with Gasteiger partial charge in [-0.25, -0.2) is 4.98 Å². The van der Waals surface area contributed by atoms with Crippen LogP contribution in [0.1, 0.15) is 39.0 Å². The van der Waals surface area contributed by atoms with Gasteiger partial charge in [-0.1, -0.05) is 32.3 Å². The fourth-order valence-corrected chi connectivity index (χ4v) is 3.27. The highest BCUT2D eigenvalue weighted by Crippen LogP contribution is 2.33. The van der Waals surface area contributed by atoms with Crippen LogP contribution in [0.3, 0.4) is 0 Å². The Morgan fingerprint density at radius 3 is 2.76 bits per heavy atom.